The molecule has 0 bridgehead atoms. The molecular formula is C17H16ClN3O3. The fourth-order valence-corrected chi connectivity index (χ4v) is 3.10. The standard InChI is InChI=1S/C17H16ClN3O3/c18-14-4-3-5-15(16(14)20-10-1-2-11-20)19-17(22)12-6-8-13(9-7-12)21(23)24/h3-9H,1-2,10-11H2,(H,19,22). The van der Waals surface area contributed by atoms with Gasteiger partial charge in [-0.3, -0.25) is 14.9 Å². The maximum Gasteiger partial charge on any atom is 0.269 e. The number of nitrogens with one attached hydrogen (secondary N) is 1. The van der Waals surface area contributed by atoms with Crippen molar-refractivity contribution in [3.63, 3.8) is 0 Å². The fraction of sp³-hybridized carbons (Fsp3) is 0.235. The van der Waals surface area contributed by atoms with Crippen LogP contribution in [0.3, 0.4) is 0 Å². The summed E-state index contributed by atoms with van der Waals surface area (Å²) in [4.78, 5) is 24.8. The molecule has 1 heterocycles. The van der Waals surface area contributed by atoms with E-state index in [4.69, 9.17) is 11.6 Å². The lowest BCUT2D eigenvalue weighted by Crippen LogP contribution is -2.21. The Bertz CT molecular complexity index is 771. The van der Waals surface area contributed by atoms with Crippen LogP contribution in [-0.4, -0.2) is 23.9 Å². The molecule has 1 saturated heterocycles. The highest BCUT2D eigenvalue weighted by Gasteiger charge is 2.20. The van der Waals surface area contributed by atoms with Gasteiger partial charge in [-0.1, -0.05) is 17.7 Å². The first-order valence-electron chi connectivity index (χ1n) is 7.65. The number of benzene rings is 2. The molecule has 2 aromatic carbocycles. The summed E-state index contributed by atoms with van der Waals surface area (Å²) in [7, 11) is 0. The Balaban J connectivity index is 1.84. The van der Waals surface area contributed by atoms with E-state index in [1.807, 2.05) is 6.07 Å². The third kappa shape index (κ3) is 3.33. The molecule has 3 rings (SSSR count). The highest BCUT2D eigenvalue weighted by molar-refractivity contribution is 6.34. The number of rotatable bonds is 4. The van der Waals surface area contributed by atoms with Crippen LogP contribution in [-0.2, 0) is 0 Å². The van der Waals surface area contributed by atoms with Gasteiger partial charge in [0.1, 0.15) is 0 Å². The number of amides is 1. The van der Waals surface area contributed by atoms with Crippen LogP contribution >= 0.6 is 11.6 Å². The number of halogens is 1. The lowest BCUT2D eigenvalue weighted by atomic mass is 10.1. The molecule has 6 nitrogen and oxygen atoms in total. The topological polar surface area (TPSA) is 75.5 Å². The number of nitro benzene ring substituents is 1. The van der Waals surface area contributed by atoms with E-state index in [1.165, 1.54) is 24.3 Å². The van der Waals surface area contributed by atoms with E-state index in [-0.39, 0.29) is 11.6 Å². The zero-order valence-electron chi connectivity index (χ0n) is 12.9. The average Bonchev–Trinajstić information content (AvgIpc) is 3.09. The summed E-state index contributed by atoms with van der Waals surface area (Å²) in [6, 6.07) is 10.9. The van der Waals surface area contributed by atoms with Crippen LogP contribution in [0, 0.1) is 10.1 Å². The van der Waals surface area contributed by atoms with Gasteiger partial charge in [-0.15, -0.1) is 0 Å². The minimum absolute atomic E-state index is 0.0490. The summed E-state index contributed by atoms with van der Waals surface area (Å²) in [5.74, 6) is -0.326. The second-order valence-corrected chi connectivity index (χ2v) is 6.00. The number of nitrogens with zero attached hydrogens (tertiary/aromatic N) is 2. The molecule has 1 aliphatic heterocycles. The first kappa shape index (κ1) is 16.3. The highest BCUT2D eigenvalue weighted by atomic mass is 35.5. The molecule has 0 aromatic heterocycles. The van der Waals surface area contributed by atoms with Crippen molar-refractivity contribution in [2.24, 2.45) is 0 Å². The molecule has 1 amide bonds. The summed E-state index contributed by atoms with van der Waals surface area (Å²) in [6.45, 7) is 1.81. The van der Waals surface area contributed by atoms with Crippen LogP contribution in [0.15, 0.2) is 42.5 Å². The van der Waals surface area contributed by atoms with E-state index in [0.717, 1.165) is 31.6 Å². The van der Waals surface area contributed by atoms with Crippen LogP contribution in [0.5, 0.6) is 0 Å². The highest BCUT2D eigenvalue weighted by Crippen LogP contribution is 2.36. The molecule has 24 heavy (non-hydrogen) atoms. The van der Waals surface area contributed by atoms with Crippen molar-refractivity contribution < 1.29 is 9.72 Å². The lowest BCUT2D eigenvalue weighted by molar-refractivity contribution is -0.384. The van der Waals surface area contributed by atoms with Crippen LogP contribution < -0.4 is 10.2 Å². The Hall–Kier alpha value is -2.60. The van der Waals surface area contributed by atoms with Gasteiger partial charge >= 0.3 is 0 Å². The van der Waals surface area contributed by atoms with Crippen molar-refractivity contribution in [1.82, 2.24) is 0 Å². The number of para-hydroxylation sites is 1. The van der Waals surface area contributed by atoms with Crippen molar-refractivity contribution in [3.05, 3.63) is 63.2 Å². The van der Waals surface area contributed by atoms with Crippen molar-refractivity contribution in [1.29, 1.82) is 0 Å². The monoisotopic (exact) mass is 345 g/mol. The number of hydrogen-bond acceptors (Lipinski definition) is 4. The fourth-order valence-electron chi connectivity index (χ4n) is 2.81. The molecule has 0 saturated carbocycles. The summed E-state index contributed by atoms with van der Waals surface area (Å²) < 4.78 is 0. The normalized spacial score (nSPS) is 13.8. The molecular weight excluding hydrogens is 330 g/mol. The molecule has 2 aromatic rings. The lowest BCUT2D eigenvalue weighted by Gasteiger charge is -2.23. The van der Waals surface area contributed by atoms with Gasteiger partial charge in [-0.05, 0) is 37.1 Å². The Morgan fingerprint density at radius 1 is 1.12 bits per heavy atom. The molecule has 1 aliphatic rings. The zero-order chi connectivity index (χ0) is 17.1. The number of carbonyl (C=O) groups is 1. The van der Waals surface area contributed by atoms with Crippen LogP contribution in [0.25, 0.3) is 0 Å². The molecule has 0 spiro atoms. The Morgan fingerprint density at radius 3 is 2.42 bits per heavy atom. The maximum absolute atomic E-state index is 12.4. The molecule has 0 radical (unpaired) electrons. The molecule has 0 aliphatic carbocycles. The van der Waals surface area contributed by atoms with Gasteiger partial charge in [0.15, 0.2) is 0 Å². The smallest absolute Gasteiger partial charge is 0.269 e. The van der Waals surface area contributed by atoms with Gasteiger partial charge in [0.2, 0.25) is 0 Å². The van der Waals surface area contributed by atoms with Gasteiger partial charge in [0.25, 0.3) is 11.6 Å². The van der Waals surface area contributed by atoms with Gasteiger partial charge in [-0.25, -0.2) is 0 Å². The quantitative estimate of drug-likeness (QED) is 0.668. The second-order valence-electron chi connectivity index (χ2n) is 5.59. The number of hydrogen-bond donors (Lipinski definition) is 1. The van der Waals surface area contributed by atoms with Gasteiger partial charge in [0.05, 0.1) is 21.3 Å². The molecule has 0 unspecified atom stereocenters. The molecule has 1 fully saturated rings. The van der Waals surface area contributed by atoms with E-state index < -0.39 is 4.92 Å². The Morgan fingerprint density at radius 2 is 1.79 bits per heavy atom. The predicted molar refractivity (Wildman–Crippen MR) is 93.9 cm³/mol. The maximum atomic E-state index is 12.4. The van der Waals surface area contributed by atoms with Crippen molar-refractivity contribution in [3.8, 4) is 0 Å². The van der Waals surface area contributed by atoms with Gasteiger partial charge in [-0.2, -0.15) is 0 Å². The van der Waals surface area contributed by atoms with E-state index in [0.29, 0.717) is 16.3 Å². The largest absolute Gasteiger partial charge is 0.369 e. The minimum atomic E-state index is -0.496. The third-order valence-corrected chi connectivity index (χ3v) is 4.30. The van der Waals surface area contributed by atoms with Crippen molar-refractivity contribution >= 4 is 34.6 Å². The number of carbonyl (C=O) groups excluding carboxylic acids is 1. The van der Waals surface area contributed by atoms with Gasteiger partial charge in [0, 0.05) is 30.8 Å². The van der Waals surface area contributed by atoms with Crippen molar-refractivity contribution in [2.75, 3.05) is 23.3 Å². The van der Waals surface area contributed by atoms with E-state index in [1.54, 1.807) is 12.1 Å². The van der Waals surface area contributed by atoms with E-state index in [9.17, 15) is 14.9 Å². The van der Waals surface area contributed by atoms with Crippen LogP contribution in [0.4, 0.5) is 17.1 Å². The van der Waals surface area contributed by atoms with E-state index >= 15 is 0 Å². The number of nitro groups is 1. The zero-order valence-corrected chi connectivity index (χ0v) is 13.6. The molecule has 7 heteroatoms. The number of anilines is 2. The van der Waals surface area contributed by atoms with Crippen LogP contribution in [0.2, 0.25) is 5.02 Å². The first-order valence-corrected chi connectivity index (χ1v) is 8.03. The summed E-state index contributed by atoms with van der Waals surface area (Å²) in [5.41, 5.74) is 1.78. The predicted octanol–water partition coefficient (Wildman–Crippen LogP) is 4.10. The summed E-state index contributed by atoms with van der Waals surface area (Å²) in [5, 5.41) is 14.1. The van der Waals surface area contributed by atoms with Crippen LogP contribution in [0.1, 0.15) is 23.2 Å². The summed E-state index contributed by atoms with van der Waals surface area (Å²) >= 11 is 6.33. The van der Waals surface area contributed by atoms with E-state index in [2.05, 4.69) is 10.2 Å². The molecule has 1 N–H and O–H groups in total. The van der Waals surface area contributed by atoms with Gasteiger partial charge < -0.3 is 10.2 Å². The SMILES string of the molecule is O=C(Nc1cccc(Cl)c1N1CCCC1)c1ccc([N+](=O)[O-])cc1. The molecule has 0 atom stereocenters. The number of non-ortho nitro benzene ring substituents is 1. The minimum Gasteiger partial charge on any atom is -0.369 e. The average molecular weight is 346 g/mol. The first-order chi connectivity index (χ1) is 11.6. The molecule has 124 valence electrons. The Labute approximate surface area is 144 Å². The second kappa shape index (κ2) is 6.88. The van der Waals surface area contributed by atoms with Crippen molar-refractivity contribution in [2.45, 2.75) is 12.8 Å². The third-order valence-electron chi connectivity index (χ3n) is 4.00. The Kier molecular flexibility index (Phi) is 4.66. The summed E-state index contributed by atoms with van der Waals surface area (Å²) in [6.07, 6.45) is 2.20.